The molecule has 0 unspecified atom stereocenters. The normalized spacial score (nSPS) is 11.3. The maximum Gasteiger partial charge on any atom is 0.374 e. The number of nitrogens with two attached hydrogens (primary N) is 1. The largest absolute Gasteiger partial charge is 0.475 e. The lowest BCUT2D eigenvalue weighted by Gasteiger charge is -2.23. The van der Waals surface area contributed by atoms with Crippen LogP contribution in [0.2, 0.25) is 10.0 Å². The molecule has 4 N–H and O–H groups in total. The second-order valence-corrected chi connectivity index (χ2v) is 22.4. The summed E-state index contributed by atoms with van der Waals surface area (Å²) in [5, 5.41) is 20.6. The molecule has 392 valence electrons. The number of nitrogens with one attached hydrogen (secondary N) is 1. The molecule has 2 aromatic heterocycles. The number of benzene rings is 6. The van der Waals surface area contributed by atoms with Crippen molar-refractivity contribution < 1.29 is 49.4 Å². The summed E-state index contributed by atoms with van der Waals surface area (Å²) in [6.07, 6.45) is 2.53. The van der Waals surface area contributed by atoms with Gasteiger partial charge in [0.25, 0.3) is 10.0 Å². The lowest BCUT2D eigenvalue weighted by atomic mass is 10.1. The van der Waals surface area contributed by atoms with Crippen LogP contribution in [0, 0.1) is 11.6 Å². The second-order valence-electron chi connectivity index (χ2n) is 16.0. The van der Waals surface area contributed by atoms with Crippen molar-refractivity contribution in [3.63, 3.8) is 0 Å². The number of rotatable bonds is 21. The van der Waals surface area contributed by atoms with Gasteiger partial charge in [0.2, 0.25) is 21.5 Å². The molecule has 0 aliphatic carbocycles. The van der Waals surface area contributed by atoms with Crippen molar-refractivity contribution in [2.45, 2.75) is 45.8 Å². The van der Waals surface area contributed by atoms with Gasteiger partial charge in [-0.3, -0.25) is 14.6 Å². The summed E-state index contributed by atoms with van der Waals surface area (Å²) in [6.45, 7) is 2.92. The number of sulfonamides is 2. The van der Waals surface area contributed by atoms with E-state index < -0.39 is 31.9 Å². The highest BCUT2D eigenvalue weighted by Gasteiger charge is 2.22. The first-order valence-electron chi connectivity index (χ1n) is 22.4. The van der Waals surface area contributed by atoms with Crippen LogP contribution in [-0.2, 0) is 46.2 Å². The second kappa shape index (κ2) is 28.5. The fourth-order valence-electron chi connectivity index (χ4n) is 6.83. The highest BCUT2D eigenvalue weighted by atomic mass is 35.5. The number of carbonyl (C=O) groups is 2. The number of nitrogens with zero attached hydrogens (tertiary/aromatic N) is 4. The van der Waals surface area contributed by atoms with E-state index in [2.05, 4.69) is 36.8 Å². The highest BCUT2D eigenvalue weighted by molar-refractivity contribution is 7.99. The number of aromatic carboxylic acids is 1. The van der Waals surface area contributed by atoms with E-state index in [-0.39, 0.29) is 39.5 Å². The number of hydrogen-bond acceptors (Lipinski definition) is 14. The minimum Gasteiger partial charge on any atom is -0.475 e. The minimum atomic E-state index is -4.11. The van der Waals surface area contributed by atoms with Gasteiger partial charge in [-0.2, -0.15) is 0 Å². The zero-order valence-electron chi connectivity index (χ0n) is 39.5. The number of halogens is 4. The van der Waals surface area contributed by atoms with Crippen LogP contribution in [0.3, 0.4) is 0 Å². The fraction of sp³-hybridized carbons (Fsp3) is 0.154. The number of carboxylic acids is 1. The predicted octanol–water partition coefficient (Wildman–Crippen LogP) is 10.7. The molecule has 8 rings (SSSR count). The molecule has 75 heavy (non-hydrogen) atoms. The molecule has 23 heteroatoms. The first kappa shape index (κ1) is 57.9. The summed E-state index contributed by atoms with van der Waals surface area (Å²) in [7, 11) is -7.84. The fourth-order valence-corrected chi connectivity index (χ4v) is 10.6. The molecule has 6 aromatic carbocycles. The molecule has 1 amide bonds. The van der Waals surface area contributed by atoms with Gasteiger partial charge in [-0.25, -0.2) is 40.3 Å². The van der Waals surface area contributed by atoms with E-state index in [1.54, 1.807) is 72.1 Å². The van der Waals surface area contributed by atoms with Crippen molar-refractivity contribution in [3.8, 4) is 0 Å². The average molecular weight is 1140 g/mol. The molecule has 0 aliphatic heterocycles. The number of carboxylic acid groups (broad SMARTS) is 1. The van der Waals surface area contributed by atoms with Gasteiger partial charge in [0, 0.05) is 93.9 Å². The third kappa shape index (κ3) is 18.7. The van der Waals surface area contributed by atoms with Crippen molar-refractivity contribution in [1.29, 1.82) is 0 Å². The van der Waals surface area contributed by atoms with Gasteiger partial charge in [0.15, 0.2) is 0 Å². The van der Waals surface area contributed by atoms with Crippen molar-refractivity contribution in [1.82, 2.24) is 24.8 Å². The van der Waals surface area contributed by atoms with Crippen LogP contribution < -0.4 is 9.86 Å². The molecular weight excluding hydrogens is 1090 g/mol. The molecule has 0 fully saturated rings. The summed E-state index contributed by atoms with van der Waals surface area (Å²) in [5.41, 5.74) is 2.57. The zero-order valence-corrected chi connectivity index (χ0v) is 44.3. The van der Waals surface area contributed by atoms with Gasteiger partial charge in [-0.15, -0.1) is 23.5 Å². The molecule has 0 radical (unpaired) electrons. The van der Waals surface area contributed by atoms with Crippen LogP contribution in [0.15, 0.2) is 199 Å². The van der Waals surface area contributed by atoms with Crippen molar-refractivity contribution in [2.75, 3.05) is 24.6 Å². The van der Waals surface area contributed by atoms with E-state index in [9.17, 15) is 35.2 Å². The van der Waals surface area contributed by atoms with E-state index in [1.165, 1.54) is 65.8 Å². The van der Waals surface area contributed by atoms with E-state index in [0.29, 0.717) is 53.9 Å². The lowest BCUT2D eigenvalue weighted by Crippen LogP contribution is -2.30. The molecule has 0 atom stereocenters. The quantitative estimate of drug-likeness (QED) is 0.0570. The van der Waals surface area contributed by atoms with Crippen LogP contribution in [0.1, 0.15) is 43.4 Å². The van der Waals surface area contributed by atoms with Crippen molar-refractivity contribution >= 4 is 78.6 Å². The van der Waals surface area contributed by atoms with Crippen LogP contribution in [0.4, 0.5) is 8.78 Å². The van der Waals surface area contributed by atoms with E-state index >= 15 is 0 Å². The van der Waals surface area contributed by atoms with E-state index in [4.69, 9.17) is 38.0 Å². The molecule has 8 aromatic rings. The highest BCUT2D eigenvalue weighted by Crippen LogP contribution is 2.26. The minimum absolute atomic E-state index is 0.0644. The average Bonchev–Trinajstić information content (AvgIpc) is 4.15. The van der Waals surface area contributed by atoms with Gasteiger partial charge < -0.3 is 14.2 Å². The van der Waals surface area contributed by atoms with E-state index in [1.807, 2.05) is 53.3 Å². The van der Waals surface area contributed by atoms with Crippen LogP contribution in [0.5, 0.6) is 0 Å². The molecule has 0 bridgehead atoms. The summed E-state index contributed by atoms with van der Waals surface area (Å²) in [5.74, 6) is -1.50. The Bertz CT molecular complexity index is 3260. The van der Waals surface area contributed by atoms with Gasteiger partial charge in [-0.05, 0) is 83.9 Å². The first-order chi connectivity index (χ1) is 35.9. The Labute approximate surface area is 451 Å². The summed E-state index contributed by atoms with van der Waals surface area (Å²) >= 11 is 15.9. The SMILES string of the molecule is NS(=O)(=O)c1ccc(CN(CCSc2ccccc2)Cc2c(F)cccc2Cl)cc1.O=C(NS(=O)(=O)c1ccc(CN(CCSc2ccccc2)Cc2c(F)cccc2Cl)cc1)c1ccno1.O=C(O)c1ccno1. The molecule has 2 heterocycles. The Hall–Kier alpha value is -6.40. The zero-order chi connectivity index (χ0) is 53.8. The lowest BCUT2D eigenvalue weighted by molar-refractivity contribution is 0.0651. The number of thioether (sulfide) groups is 2. The molecule has 0 aliphatic rings. The Morgan fingerprint density at radius 3 is 1.37 bits per heavy atom. The standard InChI is InChI=1S/C26H23ClFN3O4S2.C22H22ClFN2O2S2.C4H3NO3/c27-23-7-4-8-24(28)22(23)18-31(15-16-36-20-5-2-1-3-6-20)17-19-9-11-21(12-10-19)37(33,34)30-26(32)25-13-14-29-35-25;23-21-7-4-8-22(24)20(21)16-26(13-14-29-18-5-2-1-3-6-18)15-17-9-11-19(12-10-17)30(25,27)28;6-4(7)3-1-2-5-8-3/h1-14H,15-18H2,(H,30,32);1-12H,13-16H2,(H2,25,27,28);1-2H,(H,6,7). The number of aromatic nitrogens is 2. The number of hydrogen-bond donors (Lipinski definition) is 3. The van der Waals surface area contributed by atoms with Crippen LogP contribution in [-0.4, -0.2) is 78.5 Å². The van der Waals surface area contributed by atoms with Gasteiger partial charge >= 0.3 is 11.9 Å². The maximum absolute atomic E-state index is 14.5. The third-order valence-corrected chi connectivity index (χ3v) is 15.5. The number of amides is 1. The predicted molar refractivity (Wildman–Crippen MR) is 284 cm³/mol. The molecule has 0 saturated heterocycles. The van der Waals surface area contributed by atoms with Crippen molar-refractivity contribution in [3.05, 3.63) is 226 Å². The molecule has 0 spiro atoms. The number of carbonyl (C=O) groups excluding carboxylic acids is 1. The Balaban J connectivity index is 0.000000215. The monoisotopic (exact) mass is 1140 g/mol. The van der Waals surface area contributed by atoms with Crippen LogP contribution in [0.25, 0.3) is 0 Å². The third-order valence-electron chi connectivity index (χ3n) is 10.6. The van der Waals surface area contributed by atoms with E-state index in [0.717, 1.165) is 27.5 Å². The van der Waals surface area contributed by atoms with Crippen LogP contribution >= 0.6 is 46.7 Å². The van der Waals surface area contributed by atoms with Gasteiger partial charge in [0.05, 0.1) is 22.2 Å². The van der Waals surface area contributed by atoms with Gasteiger partial charge in [-0.1, -0.05) is 106 Å². The summed E-state index contributed by atoms with van der Waals surface area (Å²) in [4.78, 5) is 28.4. The Kier molecular flexibility index (Phi) is 22.0. The molecule has 15 nitrogen and oxygen atoms in total. The van der Waals surface area contributed by atoms with Crippen molar-refractivity contribution in [2.24, 2.45) is 5.14 Å². The molecular formula is C52H48Cl2F2N6O9S4. The topological polar surface area (TPSA) is 219 Å². The van der Waals surface area contributed by atoms with Gasteiger partial charge in [0.1, 0.15) is 11.6 Å². The Morgan fingerprint density at radius 1 is 0.573 bits per heavy atom. The summed E-state index contributed by atoms with van der Waals surface area (Å²) < 4.78 is 87.9. The number of primary sulfonamides is 1. The first-order valence-corrected chi connectivity index (χ1v) is 28.2. The summed E-state index contributed by atoms with van der Waals surface area (Å²) in [6, 6.07) is 44.4. The molecule has 0 saturated carbocycles. The Morgan fingerprint density at radius 2 is 1.00 bits per heavy atom. The smallest absolute Gasteiger partial charge is 0.374 e. The maximum atomic E-state index is 14.5.